The number of anilines is 2. The summed E-state index contributed by atoms with van der Waals surface area (Å²) < 4.78 is 40.8. The van der Waals surface area contributed by atoms with E-state index in [1.54, 1.807) is 23.9 Å². The normalized spacial score (nSPS) is 11.8. The molecule has 11 nitrogen and oxygen atoms in total. The highest BCUT2D eigenvalue weighted by Crippen LogP contribution is 2.24. The van der Waals surface area contributed by atoms with Gasteiger partial charge in [0, 0.05) is 45.4 Å². The van der Waals surface area contributed by atoms with Gasteiger partial charge in [0.25, 0.3) is 15.9 Å². The molecule has 222 valence electrons. The van der Waals surface area contributed by atoms with Crippen LogP contribution >= 0.6 is 0 Å². The lowest BCUT2D eigenvalue weighted by atomic mass is 10.1. The number of hydrogen-bond acceptors (Lipinski definition) is 8. The average Bonchev–Trinajstić information content (AvgIpc) is 3.41. The highest BCUT2D eigenvalue weighted by Gasteiger charge is 2.28. The number of hydrogen-bond donors (Lipinski definition) is 1. The second-order valence-electron chi connectivity index (χ2n) is 10.7. The van der Waals surface area contributed by atoms with Crippen LogP contribution in [-0.4, -0.2) is 69.2 Å². The zero-order valence-electron chi connectivity index (χ0n) is 24.2. The number of sulfonamides is 1. The van der Waals surface area contributed by atoms with Gasteiger partial charge in [0.15, 0.2) is 0 Å². The predicted octanol–water partition coefficient (Wildman–Crippen LogP) is 4.75. The van der Waals surface area contributed by atoms with Crippen LogP contribution in [0.2, 0.25) is 25.7 Å². The van der Waals surface area contributed by atoms with E-state index < -0.39 is 18.1 Å². The summed E-state index contributed by atoms with van der Waals surface area (Å²) in [6.07, 6.45) is 2.96. The number of ether oxygens (including phenoxy) is 2. The highest BCUT2D eigenvalue weighted by atomic mass is 32.2. The van der Waals surface area contributed by atoms with E-state index >= 15 is 0 Å². The zero-order chi connectivity index (χ0) is 30.2. The summed E-state index contributed by atoms with van der Waals surface area (Å²) in [5.74, 6) is -0.368. The molecule has 0 aliphatic heterocycles. The van der Waals surface area contributed by atoms with Crippen molar-refractivity contribution in [1.82, 2.24) is 19.7 Å². The number of carbonyl (C=O) groups excluding carboxylic acids is 1. The maximum atomic E-state index is 13.6. The Morgan fingerprint density at radius 3 is 2.31 bits per heavy atom. The molecule has 0 aliphatic rings. The molecule has 0 saturated heterocycles. The summed E-state index contributed by atoms with van der Waals surface area (Å²) >= 11 is 0. The monoisotopic (exact) mass is 608 g/mol. The minimum atomic E-state index is -4.06. The van der Waals surface area contributed by atoms with Crippen LogP contribution in [0.25, 0.3) is 11.3 Å². The third-order valence-corrected chi connectivity index (χ3v) is 9.69. The van der Waals surface area contributed by atoms with E-state index in [0.29, 0.717) is 36.8 Å². The van der Waals surface area contributed by atoms with E-state index in [1.165, 1.54) is 36.7 Å². The topological polar surface area (TPSA) is 129 Å². The van der Waals surface area contributed by atoms with Crippen LogP contribution in [0.5, 0.6) is 0 Å². The maximum Gasteiger partial charge on any atom is 0.273 e. The summed E-state index contributed by atoms with van der Waals surface area (Å²) in [5.41, 5.74) is 2.32. The number of aromatic nitrogens is 4. The molecule has 2 aromatic carbocycles. The van der Waals surface area contributed by atoms with E-state index in [-0.39, 0.29) is 23.5 Å². The highest BCUT2D eigenvalue weighted by molar-refractivity contribution is 7.92. The largest absolute Gasteiger partial charge is 0.383 e. The minimum Gasteiger partial charge on any atom is -0.383 e. The summed E-state index contributed by atoms with van der Waals surface area (Å²) in [6, 6.07) is 19.7. The van der Waals surface area contributed by atoms with E-state index in [2.05, 4.69) is 40.0 Å². The van der Waals surface area contributed by atoms with Crippen molar-refractivity contribution in [2.75, 3.05) is 36.7 Å². The Balaban J connectivity index is 1.52. The minimum absolute atomic E-state index is 0.0123. The van der Waals surface area contributed by atoms with Crippen molar-refractivity contribution in [3.05, 3.63) is 84.8 Å². The fourth-order valence-corrected chi connectivity index (χ4v) is 5.92. The molecule has 42 heavy (non-hydrogen) atoms. The van der Waals surface area contributed by atoms with Crippen LogP contribution < -0.4 is 9.62 Å². The second-order valence-corrected chi connectivity index (χ2v) is 18.2. The fraction of sp³-hybridized carbons (Fsp3) is 0.310. The number of nitrogens with zero attached hydrogens (tertiary/aromatic N) is 5. The van der Waals surface area contributed by atoms with Crippen molar-refractivity contribution < 1.29 is 22.7 Å². The number of rotatable bonds is 14. The number of nitrogens with one attached hydrogen (secondary N) is 1. The smallest absolute Gasteiger partial charge is 0.273 e. The Morgan fingerprint density at radius 2 is 1.67 bits per heavy atom. The average molecular weight is 609 g/mol. The van der Waals surface area contributed by atoms with Gasteiger partial charge in [0.05, 0.1) is 23.7 Å². The molecule has 0 aliphatic carbocycles. The first-order valence-electron chi connectivity index (χ1n) is 13.5. The van der Waals surface area contributed by atoms with Crippen molar-refractivity contribution in [3.63, 3.8) is 0 Å². The molecule has 1 amide bonds. The fourth-order valence-electron chi connectivity index (χ4n) is 3.91. The lowest BCUT2D eigenvalue weighted by Gasteiger charge is -2.23. The Morgan fingerprint density at radius 1 is 0.976 bits per heavy atom. The number of benzene rings is 2. The van der Waals surface area contributed by atoms with Gasteiger partial charge in [0.2, 0.25) is 5.95 Å². The van der Waals surface area contributed by atoms with Crippen molar-refractivity contribution in [2.24, 2.45) is 0 Å². The zero-order valence-corrected chi connectivity index (χ0v) is 26.0. The Labute approximate surface area is 247 Å². The number of amides is 1. The first-order chi connectivity index (χ1) is 20.1. The van der Waals surface area contributed by atoms with Crippen LogP contribution in [0, 0.1) is 0 Å². The molecule has 0 bridgehead atoms. The first kappa shape index (κ1) is 31.0. The summed E-state index contributed by atoms with van der Waals surface area (Å²) in [7, 11) is -3.83. The van der Waals surface area contributed by atoms with Crippen LogP contribution in [0.4, 0.5) is 11.6 Å². The lowest BCUT2D eigenvalue weighted by Crippen LogP contribution is -2.35. The summed E-state index contributed by atoms with van der Waals surface area (Å²) in [5, 5.41) is 7.43. The predicted molar refractivity (Wildman–Crippen MR) is 165 cm³/mol. The van der Waals surface area contributed by atoms with Gasteiger partial charge in [-0.15, -0.1) is 0 Å². The molecule has 13 heteroatoms. The van der Waals surface area contributed by atoms with Gasteiger partial charge in [-0.3, -0.25) is 9.48 Å². The van der Waals surface area contributed by atoms with Gasteiger partial charge in [-0.2, -0.15) is 5.10 Å². The standard InChI is InChI=1S/C29H36N6O5SSi/c1-39-18-17-34-27(21-26(33-34)23-9-6-5-7-10-23)28(36)32-24-11-13-25(14-12-24)41(37,38)35(29-30-15-8-16-31-29)22-40-19-20-42(2,3)4/h5-16,21H,17-20,22H2,1-4H3,(H,32,36). The summed E-state index contributed by atoms with van der Waals surface area (Å²) in [6.45, 7) is 7.66. The molecule has 0 fully saturated rings. The van der Waals surface area contributed by atoms with Gasteiger partial charge in [0.1, 0.15) is 12.4 Å². The maximum absolute atomic E-state index is 13.6. The molecule has 0 atom stereocenters. The molecule has 4 rings (SSSR count). The molecule has 2 heterocycles. The quantitative estimate of drug-likeness (QED) is 0.123. The first-order valence-corrected chi connectivity index (χ1v) is 18.6. The SMILES string of the molecule is COCCn1nc(-c2ccccc2)cc1C(=O)Nc1ccc(S(=O)(=O)N(COCC[Si](C)(C)C)c2ncccn2)cc1. The van der Waals surface area contributed by atoms with Gasteiger partial charge in [-0.05, 0) is 42.4 Å². The van der Waals surface area contributed by atoms with Crippen LogP contribution in [0.15, 0.2) is 84.0 Å². The van der Waals surface area contributed by atoms with E-state index in [4.69, 9.17) is 9.47 Å². The molecule has 0 spiro atoms. The third kappa shape index (κ3) is 8.09. The van der Waals surface area contributed by atoms with E-state index in [1.807, 2.05) is 30.3 Å². The Bertz CT molecular complexity index is 1560. The van der Waals surface area contributed by atoms with Crippen LogP contribution in [0.3, 0.4) is 0 Å². The molecule has 4 aromatic rings. The Kier molecular flexibility index (Phi) is 10.2. The van der Waals surface area contributed by atoms with Gasteiger partial charge < -0.3 is 14.8 Å². The second kappa shape index (κ2) is 13.8. The van der Waals surface area contributed by atoms with E-state index in [9.17, 15) is 13.2 Å². The molecule has 1 N–H and O–H groups in total. The van der Waals surface area contributed by atoms with Gasteiger partial charge in [-0.25, -0.2) is 22.7 Å². The molecule has 0 radical (unpaired) electrons. The van der Waals surface area contributed by atoms with Crippen molar-refractivity contribution >= 4 is 35.6 Å². The molecule has 0 unspecified atom stereocenters. The lowest BCUT2D eigenvalue weighted by molar-refractivity contribution is 0.101. The van der Waals surface area contributed by atoms with Gasteiger partial charge >= 0.3 is 0 Å². The summed E-state index contributed by atoms with van der Waals surface area (Å²) in [4.78, 5) is 21.5. The molecular weight excluding hydrogens is 573 g/mol. The number of carbonyl (C=O) groups is 1. The van der Waals surface area contributed by atoms with Crippen molar-refractivity contribution in [3.8, 4) is 11.3 Å². The van der Waals surface area contributed by atoms with Crippen molar-refractivity contribution in [2.45, 2.75) is 37.1 Å². The van der Waals surface area contributed by atoms with Crippen LogP contribution in [-0.2, 0) is 26.0 Å². The molecular formula is C29H36N6O5SSi. The van der Waals surface area contributed by atoms with Crippen LogP contribution in [0.1, 0.15) is 10.5 Å². The Hall–Kier alpha value is -3.91. The van der Waals surface area contributed by atoms with Gasteiger partial charge in [-0.1, -0.05) is 50.0 Å². The number of methoxy groups -OCH3 is 1. The van der Waals surface area contributed by atoms with E-state index in [0.717, 1.165) is 15.9 Å². The third-order valence-electron chi connectivity index (χ3n) is 6.27. The molecule has 2 aromatic heterocycles. The molecule has 0 saturated carbocycles. The van der Waals surface area contributed by atoms with Crippen molar-refractivity contribution in [1.29, 1.82) is 0 Å².